The van der Waals surface area contributed by atoms with Crippen molar-refractivity contribution in [3.05, 3.63) is 15.5 Å². The van der Waals surface area contributed by atoms with E-state index in [9.17, 15) is 9.90 Å². The van der Waals surface area contributed by atoms with Crippen LogP contribution in [0.2, 0.25) is 4.47 Å². The second-order valence-corrected chi connectivity index (χ2v) is 3.89. The van der Waals surface area contributed by atoms with Gasteiger partial charge in [0.1, 0.15) is 6.10 Å². The van der Waals surface area contributed by atoms with Crippen LogP contribution in [0.5, 0.6) is 0 Å². The van der Waals surface area contributed by atoms with E-state index >= 15 is 0 Å². The molecule has 7 heteroatoms. The number of carboxylic acids is 1. The molecule has 0 radical (unpaired) electrons. The maximum Gasteiger partial charge on any atom is 0.335 e. The molecule has 0 saturated carbocycles. The summed E-state index contributed by atoms with van der Waals surface area (Å²) < 4.78 is 0.187. The molecule has 1 aromatic heterocycles. The standard InChI is InChI=1S/C6H6ClNO4S/c7-6-8-1-2(13-6)3(9)4(10)5(11)12/h1,3-4,9-10H,(H,11,12). The van der Waals surface area contributed by atoms with Gasteiger partial charge in [0.15, 0.2) is 10.6 Å². The molecule has 13 heavy (non-hydrogen) atoms. The van der Waals surface area contributed by atoms with Crippen LogP contribution in [0.15, 0.2) is 6.20 Å². The molecular formula is C6H6ClNO4S. The predicted octanol–water partition coefficient (Wildman–Crippen LogP) is 0.275. The summed E-state index contributed by atoms with van der Waals surface area (Å²) in [7, 11) is 0. The highest BCUT2D eigenvalue weighted by atomic mass is 35.5. The summed E-state index contributed by atoms with van der Waals surface area (Å²) in [6.07, 6.45) is -2.11. The van der Waals surface area contributed by atoms with Crippen LogP contribution in [-0.4, -0.2) is 32.4 Å². The van der Waals surface area contributed by atoms with Crippen molar-refractivity contribution in [2.75, 3.05) is 0 Å². The highest BCUT2D eigenvalue weighted by Crippen LogP contribution is 2.26. The van der Waals surface area contributed by atoms with Crippen molar-refractivity contribution in [1.82, 2.24) is 4.98 Å². The van der Waals surface area contributed by atoms with Gasteiger partial charge in [0.25, 0.3) is 0 Å². The summed E-state index contributed by atoms with van der Waals surface area (Å²) in [5, 5.41) is 26.6. The van der Waals surface area contributed by atoms with Crippen molar-refractivity contribution in [1.29, 1.82) is 0 Å². The van der Waals surface area contributed by atoms with Crippen molar-refractivity contribution in [3.8, 4) is 0 Å². The summed E-state index contributed by atoms with van der Waals surface area (Å²) in [4.78, 5) is 14.1. The van der Waals surface area contributed by atoms with Crippen molar-refractivity contribution >= 4 is 28.9 Å². The number of aliphatic hydroxyl groups is 2. The summed E-state index contributed by atoms with van der Waals surface area (Å²) in [6.45, 7) is 0. The quantitative estimate of drug-likeness (QED) is 0.685. The fourth-order valence-electron chi connectivity index (χ4n) is 0.692. The molecule has 0 bridgehead atoms. The van der Waals surface area contributed by atoms with Crippen LogP contribution in [0, 0.1) is 0 Å². The average Bonchev–Trinajstić information content (AvgIpc) is 2.49. The van der Waals surface area contributed by atoms with Crippen LogP contribution in [0.25, 0.3) is 0 Å². The van der Waals surface area contributed by atoms with Crippen molar-refractivity contribution in [2.45, 2.75) is 12.2 Å². The Kier molecular flexibility index (Phi) is 3.21. The Labute approximate surface area is 82.2 Å². The lowest BCUT2D eigenvalue weighted by Crippen LogP contribution is -2.26. The molecule has 1 aromatic rings. The monoisotopic (exact) mass is 223 g/mol. The third kappa shape index (κ3) is 2.38. The first kappa shape index (κ1) is 10.4. The molecule has 0 aromatic carbocycles. The van der Waals surface area contributed by atoms with Gasteiger partial charge in [0.2, 0.25) is 0 Å². The lowest BCUT2D eigenvalue weighted by molar-refractivity contribution is -0.152. The Balaban J connectivity index is 2.78. The zero-order valence-corrected chi connectivity index (χ0v) is 7.79. The van der Waals surface area contributed by atoms with Crippen LogP contribution < -0.4 is 0 Å². The number of hydrogen-bond donors (Lipinski definition) is 3. The van der Waals surface area contributed by atoms with Gasteiger partial charge in [-0.25, -0.2) is 9.78 Å². The Morgan fingerprint density at radius 1 is 1.62 bits per heavy atom. The molecule has 1 heterocycles. The molecular weight excluding hydrogens is 218 g/mol. The maximum absolute atomic E-state index is 10.3. The second kappa shape index (κ2) is 4.01. The normalized spacial score (nSPS) is 15.3. The summed E-state index contributed by atoms with van der Waals surface area (Å²) in [6, 6.07) is 0. The van der Waals surface area contributed by atoms with Gasteiger partial charge in [-0.15, -0.1) is 11.3 Å². The van der Waals surface area contributed by atoms with E-state index in [1.807, 2.05) is 0 Å². The molecule has 0 saturated heterocycles. The van der Waals surface area contributed by atoms with Gasteiger partial charge in [-0.2, -0.15) is 0 Å². The van der Waals surface area contributed by atoms with Gasteiger partial charge in [-0.05, 0) is 0 Å². The minimum Gasteiger partial charge on any atom is -0.479 e. The highest BCUT2D eigenvalue weighted by Gasteiger charge is 2.26. The Morgan fingerprint density at radius 3 is 2.62 bits per heavy atom. The predicted molar refractivity (Wildman–Crippen MR) is 45.7 cm³/mol. The van der Waals surface area contributed by atoms with Crippen LogP contribution >= 0.6 is 22.9 Å². The van der Waals surface area contributed by atoms with E-state index in [1.165, 1.54) is 6.20 Å². The van der Waals surface area contributed by atoms with E-state index in [2.05, 4.69) is 4.98 Å². The van der Waals surface area contributed by atoms with Gasteiger partial charge < -0.3 is 15.3 Å². The molecule has 0 aliphatic carbocycles. The van der Waals surface area contributed by atoms with Gasteiger partial charge in [0, 0.05) is 6.20 Å². The number of thiazole rings is 1. The first-order valence-corrected chi connectivity index (χ1v) is 4.42. The third-order valence-corrected chi connectivity index (χ3v) is 2.52. The SMILES string of the molecule is O=C(O)C(O)C(O)c1cnc(Cl)s1. The van der Waals surface area contributed by atoms with Gasteiger partial charge in [0.05, 0.1) is 4.88 Å². The van der Waals surface area contributed by atoms with E-state index in [-0.39, 0.29) is 9.34 Å². The fraction of sp³-hybridized carbons (Fsp3) is 0.333. The van der Waals surface area contributed by atoms with Crippen LogP contribution in [0.4, 0.5) is 0 Å². The molecule has 0 fully saturated rings. The fourth-order valence-corrected chi connectivity index (χ4v) is 1.66. The lowest BCUT2D eigenvalue weighted by Gasteiger charge is -2.10. The van der Waals surface area contributed by atoms with Crippen molar-refractivity contribution in [2.24, 2.45) is 0 Å². The molecule has 3 N–H and O–H groups in total. The Morgan fingerprint density at radius 2 is 2.23 bits per heavy atom. The molecule has 0 amide bonds. The average molecular weight is 224 g/mol. The second-order valence-electron chi connectivity index (χ2n) is 2.24. The van der Waals surface area contributed by atoms with E-state index in [1.54, 1.807) is 0 Å². The third-order valence-electron chi connectivity index (χ3n) is 1.34. The number of aliphatic hydroxyl groups excluding tert-OH is 2. The highest BCUT2D eigenvalue weighted by molar-refractivity contribution is 7.15. The number of halogens is 1. The van der Waals surface area contributed by atoms with E-state index < -0.39 is 18.2 Å². The number of aliphatic carboxylic acids is 1. The zero-order chi connectivity index (χ0) is 10.0. The minimum absolute atomic E-state index is 0.187. The molecule has 2 unspecified atom stereocenters. The van der Waals surface area contributed by atoms with Gasteiger partial charge >= 0.3 is 5.97 Å². The molecule has 1 rings (SSSR count). The lowest BCUT2D eigenvalue weighted by atomic mass is 10.2. The molecule has 5 nitrogen and oxygen atoms in total. The van der Waals surface area contributed by atoms with E-state index in [4.69, 9.17) is 21.8 Å². The molecule has 0 aliphatic heterocycles. The number of carbonyl (C=O) groups is 1. The van der Waals surface area contributed by atoms with Crippen molar-refractivity contribution in [3.63, 3.8) is 0 Å². The van der Waals surface area contributed by atoms with Gasteiger partial charge in [-0.3, -0.25) is 0 Å². The van der Waals surface area contributed by atoms with Gasteiger partial charge in [-0.1, -0.05) is 11.6 Å². The van der Waals surface area contributed by atoms with E-state index in [0.29, 0.717) is 0 Å². The van der Waals surface area contributed by atoms with Crippen LogP contribution in [0.3, 0.4) is 0 Å². The van der Waals surface area contributed by atoms with Crippen LogP contribution in [-0.2, 0) is 4.79 Å². The zero-order valence-electron chi connectivity index (χ0n) is 6.22. The smallest absolute Gasteiger partial charge is 0.335 e. The number of rotatable bonds is 3. The summed E-state index contributed by atoms with van der Waals surface area (Å²) >= 11 is 6.38. The first-order chi connectivity index (χ1) is 6.02. The molecule has 0 aliphatic rings. The Bertz CT molecular complexity index is 315. The van der Waals surface area contributed by atoms with Crippen molar-refractivity contribution < 1.29 is 20.1 Å². The first-order valence-electron chi connectivity index (χ1n) is 3.22. The largest absolute Gasteiger partial charge is 0.479 e. The van der Waals surface area contributed by atoms with Crippen LogP contribution in [0.1, 0.15) is 11.0 Å². The Hall–Kier alpha value is -0.690. The van der Waals surface area contributed by atoms with E-state index in [0.717, 1.165) is 11.3 Å². The maximum atomic E-state index is 10.3. The number of nitrogens with zero attached hydrogens (tertiary/aromatic N) is 1. The molecule has 72 valence electrons. The number of hydrogen-bond acceptors (Lipinski definition) is 5. The minimum atomic E-state index is -1.85. The molecule has 0 spiro atoms. The topological polar surface area (TPSA) is 90.7 Å². The summed E-state index contributed by atoms with van der Waals surface area (Å²) in [5.41, 5.74) is 0. The number of aromatic nitrogens is 1. The number of carboxylic acid groups (broad SMARTS) is 1. The molecule has 2 atom stereocenters. The summed E-state index contributed by atoms with van der Waals surface area (Å²) in [5.74, 6) is -1.49.